The molecule has 2 unspecified atom stereocenters. The largest absolute Gasteiger partial charge is 0.492 e. The smallest absolute Gasteiger partial charge is 0.229 e. The molecule has 3 N–H and O–H groups in total. The zero-order valence-electron chi connectivity index (χ0n) is 13.0. The van der Waals surface area contributed by atoms with Crippen LogP contribution in [-0.4, -0.2) is 12.5 Å². The van der Waals surface area contributed by atoms with Crippen LogP contribution in [0.3, 0.4) is 0 Å². The Morgan fingerprint density at radius 3 is 2.45 bits per heavy atom. The van der Waals surface area contributed by atoms with Crippen molar-refractivity contribution in [1.29, 1.82) is 0 Å². The number of hydrogen-bond acceptors (Lipinski definition) is 3. The SMILES string of the molecule is CCOc1ccccc1NC(=O)C(C)C(N)c1ccccc1. The van der Waals surface area contributed by atoms with Crippen LogP contribution in [-0.2, 0) is 4.79 Å². The Kier molecular flexibility index (Phi) is 5.55. The number of rotatable bonds is 6. The van der Waals surface area contributed by atoms with Crippen LogP contribution in [0, 0.1) is 5.92 Å². The summed E-state index contributed by atoms with van der Waals surface area (Å²) < 4.78 is 5.52. The van der Waals surface area contributed by atoms with Gasteiger partial charge in [0.1, 0.15) is 5.75 Å². The van der Waals surface area contributed by atoms with Gasteiger partial charge >= 0.3 is 0 Å². The Hall–Kier alpha value is -2.33. The van der Waals surface area contributed by atoms with E-state index in [0.29, 0.717) is 18.0 Å². The highest BCUT2D eigenvalue weighted by Gasteiger charge is 2.22. The number of anilines is 1. The second-order valence-electron chi connectivity index (χ2n) is 5.14. The fraction of sp³-hybridized carbons (Fsp3) is 0.278. The minimum atomic E-state index is -0.350. The van der Waals surface area contributed by atoms with Gasteiger partial charge in [-0.25, -0.2) is 0 Å². The van der Waals surface area contributed by atoms with E-state index in [1.807, 2.05) is 68.4 Å². The Labute approximate surface area is 131 Å². The second-order valence-corrected chi connectivity index (χ2v) is 5.14. The van der Waals surface area contributed by atoms with E-state index >= 15 is 0 Å². The molecule has 0 saturated heterocycles. The molecule has 0 saturated carbocycles. The van der Waals surface area contributed by atoms with Crippen molar-refractivity contribution in [2.45, 2.75) is 19.9 Å². The molecule has 0 bridgehead atoms. The minimum Gasteiger partial charge on any atom is -0.492 e. The summed E-state index contributed by atoms with van der Waals surface area (Å²) in [7, 11) is 0. The summed E-state index contributed by atoms with van der Waals surface area (Å²) in [5.41, 5.74) is 7.81. The molecule has 0 fully saturated rings. The predicted molar refractivity (Wildman–Crippen MR) is 88.8 cm³/mol. The molecule has 4 heteroatoms. The lowest BCUT2D eigenvalue weighted by Crippen LogP contribution is -2.30. The third-order valence-electron chi connectivity index (χ3n) is 3.58. The number of nitrogens with two attached hydrogens (primary N) is 1. The number of para-hydroxylation sites is 2. The molecule has 2 rings (SSSR count). The van der Waals surface area contributed by atoms with Crippen molar-refractivity contribution in [3.05, 3.63) is 60.2 Å². The summed E-state index contributed by atoms with van der Waals surface area (Å²) in [5.74, 6) is 0.194. The van der Waals surface area contributed by atoms with Gasteiger partial charge in [-0.1, -0.05) is 49.4 Å². The van der Waals surface area contributed by atoms with E-state index in [2.05, 4.69) is 5.32 Å². The van der Waals surface area contributed by atoms with Gasteiger partial charge in [0.15, 0.2) is 0 Å². The fourth-order valence-electron chi connectivity index (χ4n) is 2.22. The van der Waals surface area contributed by atoms with Crippen LogP contribution in [0.15, 0.2) is 54.6 Å². The summed E-state index contributed by atoms with van der Waals surface area (Å²) in [6.07, 6.45) is 0. The Bertz CT molecular complexity index is 613. The molecule has 0 radical (unpaired) electrons. The summed E-state index contributed by atoms with van der Waals surface area (Å²) in [6, 6.07) is 16.7. The maximum atomic E-state index is 12.4. The van der Waals surface area contributed by atoms with E-state index in [4.69, 9.17) is 10.5 Å². The van der Waals surface area contributed by atoms with Gasteiger partial charge in [-0.3, -0.25) is 4.79 Å². The molecule has 4 nitrogen and oxygen atoms in total. The number of carbonyl (C=O) groups excluding carboxylic acids is 1. The van der Waals surface area contributed by atoms with Crippen LogP contribution in [0.5, 0.6) is 5.75 Å². The van der Waals surface area contributed by atoms with Gasteiger partial charge in [0.2, 0.25) is 5.91 Å². The maximum Gasteiger partial charge on any atom is 0.229 e. The van der Waals surface area contributed by atoms with E-state index in [0.717, 1.165) is 5.56 Å². The highest BCUT2D eigenvalue weighted by atomic mass is 16.5. The molecule has 0 heterocycles. The van der Waals surface area contributed by atoms with Crippen LogP contribution >= 0.6 is 0 Å². The van der Waals surface area contributed by atoms with E-state index in [1.165, 1.54) is 0 Å². The highest BCUT2D eigenvalue weighted by Crippen LogP contribution is 2.26. The highest BCUT2D eigenvalue weighted by molar-refractivity contribution is 5.94. The Morgan fingerprint density at radius 1 is 1.14 bits per heavy atom. The quantitative estimate of drug-likeness (QED) is 0.859. The lowest BCUT2D eigenvalue weighted by Gasteiger charge is -2.20. The van der Waals surface area contributed by atoms with Gasteiger partial charge in [-0.05, 0) is 24.6 Å². The summed E-state index contributed by atoms with van der Waals surface area (Å²) in [4.78, 5) is 12.4. The van der Waals surface area contributed by atoms with Crippen molar-refractivity contribution in [2.24, 2.45) is 11.7 Å². The summed E-state index contributed by atoms with van der Waals surface area (Å²) in [6.45, 7) is 4.29. The van der Waals surface area contributed by atoms with Crippen LogP contribution in [0.2, 0.25) is 0 Å². The van der Waals surface area contributed by atoms with Crippen molar-refractivity contribution in [2.75, 3.05) is 11.9 Å². The van der Waals surface area contributed by atoms with E-state index in [-0.39, 0.29) is 17.9 Å². The zero-order valence-corrected chi connectivity index (χ0v) is 13.0. The first kappa shape index (κ1) is 16.0. The lowest BCUT2D eigenvalue weighted by atomic mass is 9.94. The topological polar surface area (TPSA) is 64.3 Å². The number of hydrogen-bond donors (Lipinski definition) is 2. The van der Waals surface area contributed by atoms with Gasteiger partial charge in [-0.2, -0.15) is 0 Å². The molecular formula is C18H22N2O2. The van der Waals surface area contributed by atoms with Gasteiger partial charge in [0.05, 0.1) is 18.2 Å². The summed E-state index contributed by atoms with van der Waals surface area (Å²) in [5, 5.41) is 2.90. The lowest BCUT2D eigenvalue weighted by molar-refractivity contribution is -0.120. The number of benzene rings is 2. The molecule has 0 aromatic heterocycles. The second kappa shape index (κ2) is 7.61. The average Bonchev–Trinajstić information content (AvgIpc) is 2.56. The number of ether oxygens (including phenoxy) is 1. The zero-order chi connectivity index (χ0) is 15.9. The molecule has 2 atom stereocenters. The molecule has 22 heavy (non-hydrogen) atoms. The first-order valence-electron chi connectivity index (χ1n) is 7.46. The molecule has 2 aromatic rings. The minimum absolute atomic E-state index is 0.122. The average molecular weight is 298 g/mol. The molecule has 0 aliphatic heterocycles. The maximum absolute atomic E-state index is 12.4. The van der Waals surface area contributed by atoms with Crippen LogP contribution in [0.4, 0.5) is 5.69 Å². The molecule has 0 spiro atoms. The third kappa shape index (κ3) is 3.86. The van der Waals surface area contributed by atoms with Crippen molar-refractivity contribution in [1.82, 2.24) is 0 Å². The normalized spacial score (nSPS) is 13.2. The molecule has 1 amide bonds. The van der Waals surface area contributed by atoms with Crippen molar-refractivity contribution >= 4 is 11.6 Å². The standard InChI is InChI=1S/C18H22N2O2/c1-3-22-16-12-8-7-11-15(16)20-18(21)13(2)17(19)14-9-5-4-6-10-14/h4-13,17H,3,19H2,1-2H3,(H,20,21). The van der Waals surface area contributed by atoms with Gasteiger partial charge < -0.3 is 15.8 Å². The number of nitrogens with one attached hydrogen (secondary N) is 1. The van der Waals surface area contributed by atoms with Crippen molar-refractivity contribution < 1.29 is 9.53 Å². The third-order valence-corrected chi connectivity index (χ3v) is 3.58. The van der Waals surface area contributed by atoms with Gasteiger partial charge in [-0.15, -0.1) is 0 Å². The fourth-order valence-corrected chi connectivity index (χ4v) is 2.22. The van der Waals surface area contributed by atoms with Crippen molar-refractivity contribution in [3.8, 4) is 5.75 Å². The molecular weight excluding hydrogens is 276 g/mol. The van der Waals surface area contributed by atoms with Crippen LogP contribution < -0.4 is 15.8 Å². The van der Waals surface area contributed by atoms with Gasteiger partial charge in [0.25, 0.3) is 0 Å². The van der Waals surface area contributed by atoms with Crippen LogP contribution in [0.25, 0.3) is 0 Å². The monoisotopic (exact) mass is 298 g/mol. The predicted octanol–water partition coefficient (Wildman–Crippen LogP) is 3.36. The molecule has 0 aliphatic rings. The van der Waals surface area contributed by atoms with E-state index in [1.54, 1.807) is 0 Å². The van der Waals surface area contributed by atoms with Gasteiger partial charge in [0, 0.05) is 6.04 Å². The summed E-state index contributed by atoms with van der Waals surface area (Å²) >= 11 is 0. The number of carbonyl (C=O) groups is 1. The number of amides is 1. The Morgan fingerprint density at radius 2 is 1.77 bits per heavy atom. The van der Waals surface area contributed by atoms with E-state index in [9.17, 15) is 4.79 Å². The molecule has 2 aromatic carbocycles. The first-order valence-corrected chi connectivity index (χ1v) is 7.46. The van der Waals surface area contributed by atoms with E-state index < -0.39 is 0 Å². The first-order chi connectivity index (χ1) is 10.6. The molecule has 116 valence electrons. The Balaban J connectivity index is 2.09. The molecule has 0 aliphatic carbocycles. The van der Waals surface area contributed by atoms with Crippen molar-refractivity contribution in [3.63, 3.8) is 0 Å². The van der Waals surface area contributed by atoms with Crippen LogP contribution in [0.1, 0.15) is 25.5 Å².